The van der Waals surface area contributed by atoms with E-state index in [0.717, 1.165) is 27.0 Å². The van der Waals surface area contributed by atoms with Gasteiger partial charge in [-0.1, -0.05) is 76.7 Å². The Morgan fingerprint density at radius 3 is 2.62 bits per heavy atom. The maximum absolute atomic E-state index is 12.7. The Hall–Kier alpha value is -2.78. The summed E-state index contributed by atoms with van der Waals surface area (Å²) in [6.45, 7) is 4.77. The maximum atomic E-state index is 12.7. The van der Waals surface area contributed by atoms with Crippen molar-refractivity contribution in [2.24, 2.45) is 0 Å². The molecule has 2 N–H and O–H groups in total. The molecule has 1 heterocycles. The molecule has 0 aliphatic heterocycles. The molecule has 1 unspecified atom stereocenters. The van der Waals surface area contributed by atoms with Crippen LogP contribution in [0.2, 0.25) is 0 Å². The van der Waals surface area contributed by atoms with Gasteiger partial charge in [0, 0.05) is 35.6 Å². The van der Waals surface area contributed by atoms with E-state index in [-0.39, 0.29) is 24.4 Å². The van der Waals surface area contributed by atoms with Crippen molar-refractivity contribution < 1.29 is 9.59 Å². The van der Waals surface area contributed by atoms with Crippen molar-refractivity contribution in [3.05, 3.63) is 64.6 Å². The van der Waals surface area contributed by atoms with Crippen LogP contribution in [0.15, 0.2) is 59.1 Å². The molecule has 0 radical (unpaired) electrons. The second-order valence-electron chi connectivity index (χ2n) is 7.32. The molecule has 9 heteroatoms. The number of hydrogen-bond donors (Lipinski definition) is 2. The van der Waals surface area contributed by atoms with Crippen molar-refractivity contribution in [3.63, 3.8) is 0 Å². The second kappa shape index (κ2) is 11.7. The molecular weight excluding hydrogens is 490 g/mol. The molecule has 1 aromatic heterocycles. The van der Waals surface area contributed by atoms with Crippen molar-refractivity contribution in [3.8, 4) is 10.6 Å². The zero-order valence-electron chi connectivity index (χ0n) is 18.0. The lowest BCUT2D eigenvalue weighted by Gasteiger charge is -2.28. The van der Waals surface area contributed by atoms with Gasteiger partial charge in [0.25, 0.3) is 0 Å². The summed E-state index contributed by atoms with van der Waals surface area (Å²) in [7, 11) is 0. The molecule has 0 bridgehead atoms. The highest BCUT2D eigenvalue weighted by atomic mass is 79.9. The van der Waals surface area contributed by atoms with Crippen LogP contribution in [0.4, 0.5) is 9.93 Å². The van der Waals surface area contributed by atoms with Gasteiger partial charge in [0.1, 0.15) is 5.01 Å². The number of hydrogen-bond acceptors (Lipinski definition) is 5. The number of benzene rings is 2. The number of carbonyl (C=O) groups is 2. The Morgan fingerprint density at radius 2 is 1.91 bits per heavy atom. The predicted octanol–water partition coefficient (Wildman–Crippen LogP) is 5.31. The fourth-order valence-electron chi connectivity index (χ4n) is 3.03. The van der Waals surface area contributed by atoms with Crippen LogP contribution in [0.5, 0.6) is 0 Å². The van der Waals surface area contributed by atoms with Crippen LogP contribution in [0.25, 0.3) is 10.6 Å². The van der Waals surface area contributed by atoms with Crippen molar-refractivity contribution in [1.29, 1.82) is 0 Å². The molecule has 3 amide bonds. The van der Waals surface area contributed by atoms with Crippen molar-refractivity contribution in [2.75, 3.05) is 11.9 Å². The minimum Gasteiger partial charge on any atom is -0.334 e. The number of amides is 3. The molecule has 3 rings (SSSR count). The van der Waals surface area contributed by atoms with E-state index < -0.39 is 0 Å². The van der Waals surface area contributed by atoms with Gasteiger partial charge < -0.3 is 15.5 Å². The number of rotatable bonds is 9. The number of nitrogens with one attached hydrogen (secondary N) is 2. The lowest BCUT2D eigenvalue weighted by atomic mass is 10.2. The number of carbonyl (C=O) groups excluding carboxylic acids is 2. The van der Waals surface area contributed by atoms with E-state index in [1.54, 1.807) is 4.90 Å². The first-order valence-electron chi connectivity index (χ1n) is 10.4. The fraction of sp³-hybridized carbons (Fsp3) is 0.304. The number of urea groups is 1. The number of nitrogens with zero attached hydrogens (tertiary/aromatic N) is 3. The standard InChI is InChI=1S/C23H26BrN5O2S/c1-3-16(2)29(23(31)25-15-17-8-5-4-6-9-17)13-12-20(30)26-22-28-27-21(32-22)18-10-7-11-19(24)14-18/h4-11,14,16H,3,12-13,15H2,1-2H3,(H,25,31)(H,26,28,30). The normalized spacial score (nSPS) is 11.6. The molecular formula is C23H26BrN5O2S. The van der Waals surface area contributed by atoms with Gasteiger partial charge in [-0.2, -0.15) is 0 Å². The first-order chi connectivity index (χ1) is 15.5. The molecule has 1 atom stereocenters. The quantitative estimate of drug-likeness (QED) is 0.404. The molecule has 0 spiro atoms. The van der Waals surface area contributed by atoms with E-state index in [1.165, 1.54) is 11.3 Å². The highest BCUT2D eigenvalue weighted by Gasteiger charge is 2.20. The fourth-order valence-corrected chi connectivity index (χ4v) is 4.19. The van der Waals surface area contributed by atoms with Crippen LogP contribution in [0.3, 0.4) is 0 Å². The molecule has 0 saturated heterocycles. The summed E-state index contributed by atoms with van der Waals surface area (Å²) in [5.41, 5.74) is 1.95. The summed E-state index contributed by atoms with van der Waals surface area (Å²) in [4.78, 5) is 26.9. The van der Waals surface area contributed by atoms with Gasteiger partial charge in [-0.25, -0.2) is 4.79 Å². The highest BCUT2D eigenvalue weighted by Crippen LogP contribution is 2.28. The van der Waals surface area contributed by atoms with E-state index in [0.29, 0.717) is 18.2 Å². The van der Waals surface area contributed by atoms with Crippen molar-refractivity contribution in [1.82, 2.24) is 20.4 Å². The van der Waals surface area contributed by atoms with Crippen LogP contribution in [-0.2, 0) is 11.3 Å². The average molecular weight is 516 g/mol. The Labute approximate surface area is 200 Å². The molecule has 168 valence electrons. The molecule has 32 heavy (non-hydrogen) atoms. The summed E-state index contributed by atoms with van der Waals surface area (Å²) < 4.78 is 0.950. The van der Waals surface area contributed by atoms with Gasteiger partial charge in [-0.3, -0.25) is 4.79 Å². The third-order valence-electron chi connectivity index (χ3n) is 4.99. The van der Waals surface area contributed by atoms with Gasteiger partial charge in [0.2, 0.25) is 11.0 Å². The van der Waals surface area contributed by atoms with Gasteiger partial charge in [-0.05, 0) is 31.0 Å². The predicted molar refractivity (Wildman–Crippen MR) is 131 cm³/mol. The largest absolute Gasteiger partial charge is 0.334 e. The number of aromatic nitrogens is 2. The third kappa shape index (κ3) is 6.86. The SMILES string of the molecule is CCC(C)N(CCC(=O)Nc1nnc(-c2cccc(Br)c2)s1)C(=O)NCc1ccccc1. The molecule has 0 saturated carbocycles. The Morgan fingerprint density at radius 1 is 1.12 bits per heavy atom. The smallest absolute Gasteiger partial charge is 0.317 e. The maximum Gasteiger partial charge on any atom is 0.317 e. The second-order valence-corrected chi connectivity index (χ2v) is 9.21. The van der Waals surface area contributed by atoms with E-state index in [1.807, 2.05) is 68.4 Å². The van der Waals surface area contributed by atoms with Crippen LogP contribution >= 0.6 is 27.3 Å². The summed E-state index contributed by atoms with van der Waals surface area (Å²) >= 11 is 4.76. The summed E-state index contributed by atoms with van der Waals surface area (Å²) in [6, 6.07) is 17.3. The van der Waals surface area contributed by atoms with Gasteiger partial charge in [0.15, 0.2) is 0 Å². The number of halogens is 1. The molecule has 0 aliphatic carbocycles. The average Bonchev–Trinajstić information content (AvgIpc) is 3.26. The zero-order valence-corrected chi connectivity index (χ0v) is 20.4. The minimum atomic E-state index is -0.203. The molecule has 0 fully saturated rings. The van der Waals surface area contributed by atoms with Crippen molar-refractivity contribution in [2.45, 2.75) is 39.3 Å². The van der Waals surface area contributed by atoms with Gasteiger partial charge >= 0.3 is 6.03 Å². The summed E-state index contributed by atoms with van der Waals surface area (Å²) in [5, 5.41) is 15.1. The Balaban J connectivity index is 1.54. The molecule has 2 aromatic carbocycles. The van der Waals surface area contributed by atoms with Crippen LogP contribution in [0.1, 0.15) is 32.3 Å². The highest BCUT2D eigenvalue weighted by molar-refractivity contribution is 9.10. The molecule has 7 nitrogen and oxygen atoms in total. The van der Waals surface area contributed by atoms with Crippen LogP contribution in [-0.4, -0.2) is 39.6 Å². The van der Waals surface area contributed by atoms with Gasteiger partial charge in [-0.15, -0.1) is 10.2 Å². The van der Waals surface area contributed by atoms with E-state index >= 15 is 0 Å². The molecule has 3 aromatic rings. The Bertz CT molecular complexity index is 1040. The Kier molecular flexibility index (Phi) is 8.75. The van der Waals surface area contributed by atoms with Crippen LogP contribution in [0, 0.1) is 0 Å². The molecule has 0 aliphatic rings. The first kappa shape index (κ1) is 23.9. The minimum absolute atomic E-state index is 0.0169. The first-order valence-corrected chi connectivity index (χ1v) is 12.0. The monoisotopic (exact) mass is 515 g/mol. The summed E-state index contributed by atoms with van der Waals surface area (Å²) in [6.07, 6.45) is 0.974. The number of anilines is 1. The zero-order chi connectivity index (χ0) is 22.9. The van der Waals surface area contributed by atoms with Crippen LogP contribution < -0.4 is 10.6 Å². The van der Waals surface area contributed by atoms with E-state index in [9.17, 15) is 9.59 Å². The van der Waals surface area contributed by atoms with E-state index in [4.69, 9.17) is 0 Å². The lowest BCUT2D eigenvalue weighted by molar-refractivity contribution is -0.116. The topological polar surface area (TPSA) is 87.2 Å². The lowest BCUT2D eigenvalue weighted by Crippen LogP contribution is -2.45. The van der Waals surface area contributed by atoms with Gasteiger partial charge in [0.05, 0.1) is 0 Å². The third-order valence-corrected chi connectivity index (χ3v) is 6.37. The summed E-state index contributed by atoms with van der Waals surface area (Å²) in [5.74, 6) is -0.203. The van der Waals surface area contributed by atoms with Crippen molar-refractivity contribution >= 4 is 44.3 Å². The van der Waals surface area contributed by atoms with E-state index in [2.05, 4.69) is 36.8 Å².